The molecule has 0 saturated heterocycles. The molecule has 0 heterocycles. The molecular formula is C28H54O2. The Labute approximate surface area is 189 Å². The van der Waals surface area contributed by atoms with Gasteiger partial charge in [0.15, 0.2) is 6.29 Å². The van der Waals surface area contributed by atoms with E-state index in [4.69, 9.17) is 9.47 Å². The number of rotatable bonds is 25. The van der Waals surface area contributed by atoms with Crippen LogP contribution < -0.4 is 0 Å². The fraction of sp³-hybridized carbons (Fsp3) is 0.857. The molecule has 0 aliphatic carbocycles. The smallest absolute Gasteiger partial charge is 0.157 e. The average molecular weight is 423 g/mol. The molecule has 0 fully saturated rings. The molecule has 0 aromatic heterocycles. The molecule has 0 aliphatic rings. The predicted molar refractivity (Wildman–Crippen MR) is 134 cm³/mol. The molecule has 178 valence electrons. The molecule has 0 aromatic carbocycles. The quantitative estimate of drug-likeness (QED) is 0.0828. The van der Waals surface area contributed by atoms with E-state index in [-0.39, 0.29) is 6.29 Å². The van der Waals surface area contributed by atoms with Crippen LogP contribution in [0.5, 0.6) is 0 Å². The van der Waals surface area contributed by atoms with Crippen molar-refractivity contribution in [2.45, 2.75) is 142 Å². The van der Waals surface area contributed by atoms with Gasteiger partial charge in [-0.25, -0.2) is 0 Å². The topological polar surface area (TPSA) is 18.5 Å². The third-order valence-electron chi connectivity index (χ3n) is 5.69. The van der Waals surface area contributed by atoms with Crippen molar-refractivity contribution in [3.8, 4) is 0 Å². The summed E-state index contributed by atoms with van der Waals surface area (Å²) in [5, 5.41) is 0. The van der Waals surface area contributed by atoms with Crippen LogP contribution in [-0.4, -0.2) is 19.5 Å². The minimum absolute atomic E-state index is 0.0268. The maximum absolute atomic E-state index is 6.11. The second-order valence-corrected chi connectivity index (χ2v) is 8.72. The van der Waals surface area contributed by atoms with E-state index in [0.717, 1.165) is 19.6 Å². The number of unbranched alkanes of at least 4 members (excludes halogenated alkanes) is 15. The van der Waals surface area contributed by atoms with Gasteiger partial charge in [-0.05, 0) is 38.5 Å². The van der Waals surface area contributed by atoms with Gasteiger partial charge in [0.25, 0.3) is 0 Å². The fourth-order valence-corrected chi connectivity index (χ4v) is 3.71. The van der Waals surface area contributed by atoms with Crippen LogP contribution in [0.1, 0.15) is 136 Å². The first-order chi connectivity index (χ1) is 14.8. The summed E-state index contributed by atoms with van der Waals surface area (Å²) in [4.78, 5) is 0. The molecule has 0 N–H and O–H groups in total. The molecule has 0 saturated carbocycles. The Hall–Kier alpha value is -0.600. The van der Waals surface area contributed by atoms with Crippen molar-refractivity contribution < 1.29 is 9.47 Å². The van der Waals surface area contributed by atoms with Crippen LogP contribution in [0.25, 0.3) is 0 Å². The Morgan fingerprint density at radius 3 is 1.60 bits per heavy atom. The van der Waals surface area contributed by atoms with E-state index in [1.165, 1.54) is 116 Å². The molecule has 0 aromatic rings. The summed E-state index contributed by atoms with van der Waals surface area (Å²) in [6.07, 6.45) is 30.7. The molecule has 0 atom stereocenters. The van der Waals surface area contributed by atoms with Gasteiger partial charge in [-0.3, -0.25) is 0 Å². The zero-order chi connectivity index (χ0) is 22.0. The summed E-state index contributed by atoms with van der Waals surface area (Å²) in [7, 11) is 0. The lowest BCUT2D eigenvalue weighted by Crippen LogP contribution is -2.19. The highest BCUT2D eigenvalue weighted by Crippen LogP contribution is 2.14. The molecular weight excluding hydrogens is 368 g/mol. The van der Waals surface area contributed by atoms with Crippen LogP contribution >= 0.6 is 0 Å². The minimum Gasteiger partial charge on any atom is -0.353 e. The van der Waals surface area contributed by atoms with Crippen LogP contribution in [-0.2, 0) is 9.47 Å². The maximum atomic E-state index is 6.11. The summed E-state index contributed by atoms with van der Waals surface area (Å²) in [5.41, 5.74) is 0. The molecule has 0 spiro atoms. The Morgan fingerprint density at radius 2 is 1.07 bits per heavy atom. The zero-order valence-corrected chi connectivity index (χ0v) is 20.7. The number of hydrogen-bond acceptors (Lipinski definition) is 2. The molecule has 0 amide bonds. The molecule has 2 heteroatoms. The second-order valence-electron chi connectivity index (χ2n) is 8.72. The van der Waals surface area contributed by atoms with Crippen molar-refractivity contribution in [2.75, 3.05) is 13.2 Å². The van der Waals surface area contributed by atoms with Crippen LogP contribution in [0.4, 0.5) is 0 Å². The van der Waals surface area contributed by atoms with Gasteiger partial charge in [0.1, 0.15) is 0 Å². The highest BCUT2D eigenvalue weighted by molar-refractivity contribution is 4.96. The van der Waals surface area contributed by atoms with Gasteiger partial charge < -0.3 is 9.47 Å². The molecule has 0 bridgehead atoms. The van der Waals surface area contributed by atoms with Crippen molar-refractivity contribution in [3.63, 3.8) is 0 Å². The largest absolute Gasteiger partial charge is 0.353 e. The Morgan fingerprint density at radius 1 is 0.600 bits per heavy atom. The average Bonchev–Trinajstić information content (AvgIpc) is 2.76. The van der Waals surface area contributed by atoms with E-state index in [2.05, 4.69) is 32.6 Å². The SMILES string of the molecule is C=C/C=C/CCCCCCCCCC(OCCCCCCC)OCCCCCCC. The van der Waals surface area contributed by atoms with E-state index in [1.807, 2.05) is 6.08 Å². The number of hydrogen-bond donors (Lipinski definition) is 0. The first-order valence-electron chi connectivity index (χ1n) is 13.4. The van der Waals surface area contributed by atoms with Gasteiger partial charge in [-0.1, -0.05) is 122 Å². The highest BCUT2D eigenvalue weighted by Gasteiger charge is 2.09. The van der Waals surface area contributed by atoms with Gasteiger partial charge in [-0.2, -0.15) is 0 Å². The van der Waals surface area contributed by atoms with Crippen molar-refractivity contribution in [1.82, 2.24) is 0 Å². The summed E-state index contributed by atoms with van der Waals surface area (Å²) in [6.45, 7) is 9.97. The number of ether oxygens (including phenoxy) is 2. The van der Waals surface area contributed by atoms with Gasteiger partial charge in [0.2, 0.25) is 0 Å². The Bertz CT molecular complexity index is 335. The van der Waals surface area contributed by atoms with Crippen LogP contribution in [0, 0.1) is 0 Å². The number of allylic oxidation sites excluding steroid dienone is 3. The zero-order valence-electron chi connectivity index (χ0n) is 20.7. The fourth-order valence-electron chi connectivity index (χ4n) is 3.71. The van der Waals surface area contributed by atoms with E-state index in [1.54, 1.807) is 0 Å². The first-order valence-corrected chi connectivity index (χ1v) is 13.4. The lowest BCUT2D eigenvalue weighted by Gasteiger charge is -2.19. The second kappa shape index (κ2) is 26.4. The summed E-state index contributed by atoms with van der Waals surface area (Å²) < 4.78 is 12.2. The summed E-state index contributed by atoms with van der Waals surface area (Å²) in [6, 6.07) is 0. The Balaban J connectivity index is 3.77. The van der Waals surface area contributed by atoms with Crippen LogP contribution in [0.15, 0.2) is 24.8 Å². The van der Waals surface area contributed by atoms with Gasteiger partial charge in [0.05, 0.1) is 0 Å². The maximum Gasteiger partial charge on any atom is 0.157 e. The van der Waals surface area contributed by atoms with E-state index in [9.17, 15) is 0 Å². The normalized spacial score (nSPS) is 11.7. The van der Waals surface area contributed by atoms with Crippen molar-refractivity contribution in [3.05, 3.63) is 24.8 Å². The lowest BCUT2D eigenvalue weighted by molar-refractivity contribution is -0.148. The van der Waals surface area contributed by atoms with Gasteiger partial charge in [0, 0.05) is 13.2 Å². The lowest BCUT2D eigenvalue weighted by atomic mass is 10.1. The standard InChI is InChI=1S/C28H54O2/c1-4-7-10-13-14-15-16-17-18-19-22-25-28(29-26-23-20-11-8-5-2)30-27-24-21-12-9-6-3/h4,7,10,28H,1,5-6,8-9,11-27H2,2-3H3/b10-7+. The molecule has 0 rings (SSSR count). The molecule has 0 unspecified atom stereocenters. The van der Waals surface area contributed by atoms with Gasteiger partial charge >= 0.3 is 0 Å². The molecule has 0 radical (unpaired) electrons. The first kappa shape index (κ1) is 29.4. The monoisotopic (exact) mass is 422 g/mol. The van der Waals surface area contributed by atoms with Crippen molar-refractivity contribution >= 4 is 0 Å². The van der Waals surface area contributed by atoms with Crippen molar-refractivity contribution in [1.29, 1.82) is 0 Å². The Kier molecular flexibility index (Phi) is 25.9. The predicted octanol–water partition coefficient (Wildman–Crippen LogP) is 9.54. The van der Waals surface area contributed by atoms with E-state index in [0.29, 0.717) is 0 Å². The third kappa shape index (κ3) is 23.7. The van der Waals surface area contributed by atoms with Gasteiger partial charge in [-0.15, -0.1) is 0 Å². The molecule has 0 aliphatic heterocycles. The van der Waals surface area contributed by atoms with Crippen LogP contribution in [0.3, 0.4) is 0 Å². The van der Waals surface area contributed by atoms with E-state index < -0.39 is 0 Å². The van der Waals surface area contributed by atoms with Crippen molar-refractivity contribution in [2.24, 2.45) is 0 Å². The third-order valence-corrected chi connectivity index (χ3v) is 5.69. The highest BCUT2D eigenvalue weighted by atomic mass is 16.7. The summed E-state index contributed by atoms with van der Waals surface area (Å²) >= 11 is 0. The summed E-state index contributed by atoms with van der Waals surface area (Å²) in [5.74, 6) is 0. The molecule has 2 nitrogen and oxygen atoms in total. The van der Waals surface area contributed by atoms with E-state index >= 15 is 0 Å². The minimum atomic E-state index is 0.0268. The molecule has 30 heavy (non-hydrogen) atoms. The van der Waals surface area contributed by atoms with Crippen LogP contribution in [0.2, 0.25) is 0 Å².